The van der Waals surface area contributed by atoms with Gasteiger partial charge in [-0.2, -0.15) is 0 Å². The lowest BCUT2D eigenvalue weighted by molar-refractivity contribution is -0.121. The van der Waals surface area contributed by atoms with Crippen LogP contribution in [0.2, 0.25) is 0 Å². The summed E-state index contributed by atoms with van der Waals surface area (Å²) in [5.74, 6) is -0.111. The Morgan fingerprint density at radius 3 is 2.85 bits per heavy atom. The van der Waals surface area contributed by atoms with E-state index in [-0.39, 0.29) is 12.4 Å². The van der Waals surface area contributed by atoms with Gasteiger partial charge in [0.25, 0.3) is 0 Å². The molecule has 1 aromatic carbocycles. The molecule has 0 aliphatic carbocycles. The van der Waals surface area contributed by atoms with Crippen molar-refractivity contribution in [2.24, 2.45) is 0 Å². The minimum Gasteiger partial charge on any atom is -0.389 e. The van der Waals surface area contributed by atoms with Crippen LogP contribution in [0.3, 0.4) is 0 Å². The van der Waals surface area contributed by atoms with E-state index in [4.69, 9.17) is 5.11 Å². The summed E-state index contributed by atoms with van der Waals surface area (Å²) in [7, 11) is 0. The van der Waals surface area contributed by atoms with Crippen LogP contribution in [0.1, 0.15) is 12.0 Å². The fraction of sp³-hybridized carbons (Fsp3) is 0.300. The smallest absolute Gasteiger partial charge is 0.158 e. The highest BCUT2D eigenvalue weighted by Gasteiger charge is 2.00. The molecule has 0 saturated heterocycles. The van der Waals surface area contributed by atoms with Gasteiger partial charge < -0.3 is 5.11 Å². The molecule has 1 rings (SSSR count). The molecule has 0 bridgehead atoms. The van der Waals surface area contributed by atoms with Crippen molar-refractivity contribution in [2.75, 3.05) is 6.61 Å². The molecule has 70 valence electrons. The Balaban J connectivity index is 2.50. The number of carbonyl (C=O) groups excluding carboxylic acids is 1. The van der Waals surface area contributed by atoms with Gasteiger partial charge in [0.05, 0.1) is 0 Å². The van der Waals surface area contributed by atoms with Gasteiger partial charge in [-0.3, -0.25) is 4.79 Å². The van der Waals surface area contributed by atoms with Gasteiger partial charge in [-0.15, -0.1) is 0 Å². The molecule has 0 spiro atoms. The first-order chi connectivity index (χ1) is 6.22. The Kier molecular flexibility index (Phi) is 4.12. The molecule has 0 heterocycles. The van der Waals surface area contributed by atoms with E-state index >= 15 is 0 Å². The Hall–Kier alpha value is -0.670. The van der Waals surface area contributed by atoms with Crippen LogP contribution in [0, 0.1) is 0 Å². The summed E-state index contributed by atoms with van der Waals surface area (Å²) < 4.78 is 1.02. The molecule has 0 amide bonds. The fourth-order valence-corrected chi connectivity index (χ4v) is 1.50. The third-order valence-electron chi connectivity index (χ3n) is 1.76. The number of aryl methyl sites for hydroxylation is 1. The summed E-state index contributed by atoms with van der Waals surface area (Å²) in [4.78, 5) is 10.8. The van der Waals surface area contributed by atoms with Crippen LogP contribution in [0.4, 0.5) is 0 Å². The number of ketones is 1. The van der Waals surface area contributed by atoms with E-state index in [0.717, 1.165) is 10.0 Å². The summed E-state index contributed by atoms with van der Waals surface area (Å²) in [6, 6.07) is 7.82. The molecule has 0 radical (unpaired) electrons. The number of rotatable bonds is 4. The molecule has 2 nitrogen and oxygen atoms in total. The van der Waals surface area contributed by atoms with Crippen LogP contribution in [0.5, 0.6) is 0 Å². The van der Waals surface area contributed by atoms with E-state index in [1.807, 2.05) is 24.3 Å². The van der Waals surface area contributed by atoms with E-state index in [9.17, 15) is 4.79 Å². The van der Waals surface area contributed by atoms with Crippen molar-refractivity contribution in [3.05, 3.63) is 34.3 Å². The first kappa shape index (κ1) is 10.4. The van der Waals surface area contributed by atoms with Crippen LogP contribution in [-0.2, 0) is 11.2 Å². The van der Waals surface area contributed by atoms with Gasteiger partial charge >= 0.3 is 0 Å². The summed E-state index contributed by atoms with van der Waals surface area (Å²) in [5, 5.41) is 8.51. The predicted molar refractivity (Wildman–Crippen MR) is 54.6 cm³/mol. The average molecular weight is 243 g/mol. The van der Waals surface area contributed by atoms with Crippen LogP contribution in [0.25, 0.3) is 0 Å². The van der Waals surface area contributed by atoms with Gasteiger partial charge in [-0.25, -0.2) is 0 Å². The Labute approximate surface area is 85.7 Å². The lowest BCUT2D eigenvalue weighted by Crippen LogP contribution is -2.04. The van der Waals surface area contributed by atoms with Gasteiger partial charge in [0.2, 0.25) is 0 Å². The Bertz CT molecular complexity index is 297. The van der Waals surface area contributed by atoms with E-state index in [0.29, 0.717) is 12.8 Å². The molecule has 0 aromatic heterocycles. The zero-order valence-corrected chi connectivity index (χ0v) is 8.75. The van der Waals surface area contributed by atoms with Gasteiger partial charge in [-0.1, -0.05) is 28.1 Å². The summed E-state index contributed by atoms with van der Waals surface area (Å²) in [6.07, 6.45) is 1.10. The number of halogens is 1. The van der Waals surface area contributed by atoms with Crippen molar-refractivity contribution in [1.82, 2.24) is 0 Å². The largest absolute Gasteiger partial charge is 0.389 e. The average Bonchev–Trinajstić information content (AvgIpc) is 2.14. The Morgan fingerprint density at radius 2 is 2.23 bits per heavy atom. The zero-order chi connectivity index (χ0) is 9.68. The number of aliphatic hydroxyl groups is 1. The number of benzene rings is 1. The van der Waals surface area contributed by atoms with Crippen molar-refractivity contribution < 1.29 is 9.90 Å². The first-order valence-electron chi connectivity index (χ1n) is 4.09. The van der Waals surface area contributed by atoms with Crippen molar-refractivity contribution in [2.45, 2.75) is 12.8 Å². The van der Waals surface area contributed by atoms with Crippen molar-refractivity contribution in [3.63, 3.8) is 0 Å². The van der Waals surface area contributed by atoms with Crippen molar-refractivity contribution in [1.29, 1.82) is 0 Å². The number of hydrogen-bond donors (Lipinski definition) is 1. The van der Waals surface area contributed by atoms with E-state index in [1.165, 1.54) is 0 Å². The number of carbonyl (C=O) groups is 1. The lowest BCUT2D eigenvalue weighted by atomic mass is 10.1. The Morgan fingerprint density at radius 1 is 1.46 bits per heavy atom. The fourth-order valence-electron chi connectivity index (χ4n) is 1.06. The molecule has 13 heavy (non-hydrogen) atoms. The second-order valence-corrected chi connectivity index (χ2v) is 3.74. The van der Waals surface area contributed by atoms with Crippen LogP contribution in [0.15, 0.2) is 28.7 Å². The minimum absolute atomic E-state index is 0.111. The topological polar surface area (TPSA) is 37.3 Å². The molecule has 0 aliphatic heterocycles. The molecule has 0 fully saturated rings. The molecule has 0 atom stereocenters. The number of Topliss-reactive ketones (excluding diaryl/α,β-unsaturated/α-hetero) is 1. The number of hydrogen-bond acceptors (Lipinski definition) is 2. The van der Waals surface area contributed by atoms with Crippen LogP contribution >= 0.6 is 15.9 Å². The minimum atomic E-state index is -0.353. The second-order valence-electron chi connectivity index (χ2n) is 2.83. The highest BCUT2D eigenvalue weighted by atomic mass is 79.9. The molecular weight excluding hydrogens is 232 g/mol. The molecule has 0 unspecified atom stereocenters. The monoisotopic (exact) mass is 242 g/mol. The predicted octanol–water partition coefficient (Wildman–Crippen LogP) is 1.94. The van der Waals surface area contributed by atoms with Gasteiger partial charge in [0.15, 0.2) is 5.78 Å². The molecule has 0 saturated carbocycles. The van der Waals surface area contributed by atoms with E-state index < -0.39 is 0 Å². The normalized spacial score (nSPS) is 10.0. The summed E-state index contributed by atoms with van der Waals surface area (Å²) >= 11 is 3.35. The van der Waals surface area contributed by atoms with Crippen molar-refractivity contribution in [3.8, 4) is 0 Å². The third-order valence-corrected chi connectivity index (χ3v) is 2.25. The van der Waals surface area contributed by atoms with Crippen LogP contribution in [-0.4, -0.2) is 17.5 Å². The summed E-state index contributed by atoms with van der Waals surface area (Å²) in [6.45, 7) is -0.353. The van der Waals surface area contributed by atoms with Gasteiger partial charge in [-0.05, 0) is 24.1 Å². The zero-order valence-electron chi connectivity index (χ0n) is 7.16. The molecule has 3 heteroatoms. The van der Waals surface area contributed by atoms with E-state index in [2.05, 4.69) is 15.9 Å². The second kappa shape index (κ2) is 5.14. The maximum Gasteiger partial charge on any atom is 0.158 e. The molecular formula is C10H11BrO2. The molecule has 1 N–H and O–H groups in total. The standard InChI is InChI=1S/C10H11BrO2/c11-9-3-1-2-8(6-9)4-5-10(13)7-12/h1-3,6,12H,4-5,7H2. The molecule has 0 aliphatic rings. The van der Waals surface area contributed by atoms with Crippen molar-refractivity contribution >= 4 is 21.7 Å². The summed E-state index contributed by atoms with van der Waals surface area (Å²) in [5.41, 5.74) is 1.11. The highest BCUT2D eigenvalue weighted by Crippen LogP contribution is 2.12. The first-order valence-corrected chi connectivity index (χ1v) is 4.88. The maximum absolute atomic E-state index is 10.8. The third kappa shape index (κ3) is 3.70. The van der Waals surface area contributed by atoms with Gasteiger partial charge in [0.1, 0.15) is 6.61 Å². The molecule has 1 aromatic rings. The van der Waals surface area contributed by atoms with Crippen LogP contribution < -0.4 is 0 Å². The lowest BCUT2D eigenvalue weighted by Gasteiger charge is -1.99. The quantitative estimate of drug-likeness (QED) is 0.877. The van der Waals surface area contributed by atoms with Gasteiger partial charge in [0, 0.05) is 10.9 Å². The van der Waals surface area contributed by atoms with E-state index in [1.54, 1.807) is 0 Å². The SMILES string of the molecule is O=C(CO)CCc1cccc(Br)c1. The number of aliphatic hydroxyl groups excluding tert-OH is 1. The highest BCUT2D eigenvalue weighted by molar-refractivity contribution is 9.10. The maximum atomic E-state index is 10.8.